The molecule has 0 aliphatic rings. The van der Waals surface area contributed by atoms with Crippen LogP contribution < -0.4 is 0 Å². The molecule has 65 valence electrons. The molecule has 0 unspecified atom stereocenters. The minimum atomic E-state index is 0.549. The number of nitrogens with zero attached hydrogens (tertiary/aromatic N) is 1. The second-order valence-electron chi connectivity index (χ2n) is 2.65. The van der Waals surface area contributed by atoms with Gasteiger partial charge in [0.1, 0.15) is 6.26 Å². The summed E-state index contributed by atoms with van der Waals surface area (Å²) in [5, 5.41) is 0.668. The molecule has 1 aromatic carbocycles. The summed E-state index contributed by atoms with van der Waals surface area (Å²) in [4.78, 5) is 4.09. The summed E-state index contributed by atoms with van der Waals surface area (Å²) in [6, 6.07) is 7.34. The Morgan fingerprint density at radius 1 is 1.38 bits per heavy atom. The standard InChI is InChI=1S/C10H7ClNO/c1-7-6-13-10(12-7)8-3-2-4-9(11)5-8/h2-6H,1H2. The number of oxazole rings is 1. The second-order valence-corrected chi connectivity index (χ2v) is 3.09. The van der Waals surface area contributed by atoms with E-state index in [1.807, 2.05) is 12.1 Å². The van der Waals surface area contributed by atoms with Crippen molar-refractivity contribution in [2.24, 2.45) is 0 Å². The minimum absolute atomic E-state index is 0.549. The van der Waals surface area contributed by atoms with E-state index >= 15 is 0 Å². The molecule has 1 radical (unpaired) electrons. The van der Waals surface area contributed by atoms with E-state index in [4.69, 9.17) is 16.0 Å². The van der Waals surface area contributed by atoms with E-state index in [9.17, 15) is 0 Å². The van der Waals surface area contributed by atoms with E-state index in [1.165, 1.54) is 6.26 Å². The van der Waals surface area contributed by atoms with Crippen molar-refractivity contribution in [1.29, 1.82) is 0 Å². The van der Waals surface area contributed by atoms with Gasteiger partial charge in [0.05, 0.1) is 5.69 Å². The Morgan fingerprint density at radius 2 is 2.23 bits per heavy atom. The molecule has 0 atom stereocenters. The van der Waals surface area contributed by atoms with Crippen LogP contribution in [0.1, 0.15) is 5.69 Å². The van der Waals surface area contributed by atoms with Gasteiger partial charge in [-0.25, -0.2) is 4.98 Å². The van der Waals surface area contributed by atoms with E-state index in [0.717, 1.165) is 5.56 Å². The van der Waals surface area contributed by atoms with Crippen molar-refractivity contribution in [2.45, 2.75) is 0 Å². The maximum Gasteiger partial charge on any atom is 0.226 e. The number of hydrogen-bond acceptors (Lipinski definition) is 2. The Morgan fingerprint density at radius 3 is 2.85 bits per heavy atom. The molecule has 0 saturated carbocycles. The molecular weight excluding hydrogens is 186 g/mol. The molecule has 3 heteroatoms. The smallest absolute Gasteiger partial charge is 0.226 e. The maximum atomic E-state index is 5.82. The van der Waals surface area contributed by atoms with Gasteiger partial charge < -0.3 is 4.42 Å². The van der Waals surface area contributed by atoms with Gasteiger partial charge >= 0.3 is 0 Å². The summed E-state index contributed by atoms with van der Waals surface area (Å²) in [7, 11) is 0. The normalized spacial score (nSPS) is 10.3. The minimum Gasteiger partial charge on any atom is -0.444 e. The van der Waals surface area contributed by atoms with Crippen molar-refractivity contribution in [3.05, 3.63) is 48.2 Å². The van der Waals surface area contributed by atoms with Gasteiger partial charge in [0.25, 0.3) is 0 Å². The lowest BCUT2D eigenvalue weighted by atomic mass is 10.2. The highest BCUT2D eigenvalue weighted by Gasteiger charge is 2.03. The molecular formula is C10H7ClNO. The Balaban J connectivity index is 2.46. The van der Waals surface area contributed by atoms with Gasteiger partial charge in [-0.3, -0.25) is 0 Å². The highest BCUT2D eigenvalue weighted by Crippen LogP contribution is 2.21. The summed E-state index contributed by atoms with van der Waals surface area (Å²) < 4.78 is 5.17. The van der Waals surface area contributed by atoms with Gasteiger partial charge in [-0.2, -0.15) is 0 Å². The van der Waals surface area contributed by atoms with Gasteiger partial charge in [-0.15, -0.1) is 0 Å². The molecule has 0 saturated heterocycles. The van der Waals surface area contributed by atoms with E-state index < -0.39 is 0 Å². The molecule has 13 heavy (non-hydrogen) atoms. The molecule has 0 amide bonds. The number of halogens is 1. The number of hydrogen-bond donors (Lipinski definition) is 0. The Labute approximate surface area is 81.2 Å². The van der Waals surface area contributed by atoms with Crippen LogP contribution in [0.4, 0.5) is 0 Å². The quantitative estimate of drug-likeness (QED) is 0.694. The van der Waals surface area contributed by atoms with Gasteiger partial charge in [0, 0.05) is 10.6 Å². The fourth-order valence-corrected chi connectivity index (χ4v) is 1.25. The van der Waals surface area contributed by atoms with Crippen LogP contribution in [0.3, 0.4) is 0 Å². The Bertz CT molecular complexity index is 422. The maximum absolute atomic E-state index is 5.82. The lowest BCUT2D eigenvalue weighted by Crippen LogP contribution is -1.77. The average molecular weight is 193 g/mol. The number of benzene rings is 1. The topological polar surface area (TPSA) is 26.0 Å². The van der Waals surface area contributed by atoms with E-state index in [-0.39, 0.29) is 0 Å². The Kier molecular flexibility index (Phi) is 2.07. The van der Waals surface area contributed by atoms with Crippen LogP contribution in [0, 0.1) is 6.92 Å². The first kappa shape index (κ1) is 8.32. The van der Waals surface area contributed by atoms with Crippen molar-refractivity contribution >= 4 is 11.6 Å². The molecule has 0 spiro atoms. The first-order chi connectivity index (χ1) is 6.25. The predicted octanol–water partition coefficient (Wildman–Crippen LogP) is 3.18. The molecule has 1 heterocycles. The SMILES string of the molecule is [CH2]c1coc(-c2cccc(Cl)c2)n1. The van der Waals surface area contributed by atoms with Crippen LogP contribution in [-0.4, -0.2) is 4.98 Å². The summed E-state index contributed by atoms with van der Waals surface area (Å²) in [5.74, 6) is 0.549. The summed E-state index contributed by atoms with van der Waals surface area (Å²) in [6.45, 7) is 3.65. The second kappa shape index (κ2) is 3.23. The highest BCUT2D eigenvalue weighted by molar-refractivity contribution is 6.30. The van der Waals surface area contributed by atoms with Crippen LogP contribution in [-0.2, 0) is 0 Å². The molecule has 2 nitrogen and oxygen atoms in total. The van der Waals surface area contributed by atoms with Gasteiger partial charge in [0.15, 0.2) is 0 Å². The van der Waals surface area contributed by atoms with Gasteiger partial charge in [0.2, 0.25) is 5.89 Å². The zero-order valence-corrected chi connectivity index (χ0v) is 7.58. The average Bonchev–Trinajstić information content (AvgIpc) is 2.52. The molecule has 0 fully saturated rings. The van der Waals surface area contributed by atoms with Crippen LogP contribution >= 0.6 is 11.6 Å². The molecule has 0 bridgehead atoms. The van der Waals surface area contributed by atoms with Crippen molar-refractivity contribution < 1.29 is 4.42 Å². The fraction of sp³-hybridized carbons (Fsp3) is 0. The Hall–Kier alpha value is -1.28. The monoisotopic (exact) mass is 192 g/mol. The van der Waals surface area contributed by atoms with E-state index in [0.29, 0.717) is 16.6 Å². The first-order valence-electron chi connectivity index (χ1n) is 3.79. The van der Waals surface area contributed by atoms with E-state index in [1.54, 1.807) is 12.1 Å². The third kappa shape index (κ3) is 1.73. The molecule has 2 aromatic rings. The summed E-state index contributed by atoms with van der Waals surface area (Å²) in [5.41, 5.74) is 1.48. The van der Waals surface area contributed by atoms with Crippen LogP contribution in [0.15, 0.2) is 34.9 Å². The highest BCUT2D eigenvalue weighted by atomic mass is 35.5. The van der Waals surface area contributed by atoms with Crippen LogP contribution in [0.5, 0.6) is 0 Å². The zero-order valence-electron chi connectivity index (χ0n) is 6.83. The molecule has 0 aliphatic heterocycles. The van der Waals surface area contributed by atoms with Gasteiger partial charge in [-0.05, 0) is 25.1 Å². The summed E-state index contributed by atoms with van der Waals surface area (Å²) in [6.07, 6.45) is 1.51. The molecule has 2 rings (SSSR count). The first-order valence-corrected chi connectivity index (χ1v) is 4.17. The zero-order chi connectivity index (χ0) is 9.26. The lowest BCUT2D eigenvalue weighted by molar-refractivity contribution is 0.574. The largest absolute Gasteiger partial charge is 0.444 e. The third-order valence-electron chi connectivity index (χ3n) is 1.62. The fourth-order valence-electron chi connectivity index (χ4n) is 1.06. The molecule has 1 aromatic heterocycles. The predicted molar refractivity (Wildman–Crippen MR) is 51.4 cm³/mol. The molecule has 0 aliphatic carbocycles. The number of aromatic nitrogens is 1. The van der Waals surface area contributed by atoms with Gasteiger partial charge in [-0.1, -0.05) is 17.7 Å². The molecule has 0 N–H and O–H groups in total. The van der Waals surface area contributed by atoms with Crippen molar-refractivity contribution in [3.8, 4) is 11.5 Å². The third-order valence-corrected chi connectivity index (χ3v) is 1.86. The summed E-state index contributed by atoms with van der Waals surface area (Å²) >= 11 is 5.82. The lowest BCUT2D eigenvalue weighted by Gasteiger charge is -1.94. The van der Waals surface area contributed by atoms with E-state index in [2.05, 4.69) is 11.9 Å². The van der Waals surface area contributed by atoms with Crippen LogP contribution in [0.25, 0.3) is 11.5 Å². The number of rotatable bonds is 1. The van der Waals surface area contributed by atoms with Crippen molar-refractivity contribution in [1.82, 2.24) is 4.98 Å². The van der Waals surface area contributed by atoms with Crippen LogP contribution in [0.2, 0.25) is 5.02 Å². The van der Waals surface area contributed by atoms with Crippen molar-refractivity contribution in [2.75, 3.05) is 0 Å². The van der Waals surface area contributed by atoms with Crippen molar-refractivity contribution in [3.63, 3.8) is 0 Å².